The first-order chi connectivity index (χ1) is 7.29. The van der Waals surface area contributed by atoms with Crippen LogP contribution in [0.15, 0.2) is 17.3 Å². The second kappa shape index (κ2) is 6.12. The van der Waals surface area contributed by atoms with Gasteiger partial charge in [0.25, 0.3) is 5.91 Å². The summed E-state index contributed by atoms with van der Waals surface area (Å²) in [7, 11) is 0. The molecule has 1 aliphatic rings. The summed E-state index contributed by atoms with van der Waals surface area (Å²) in [5.74, 6) is -0.704. The van der Waals surface area contributed by atoms with Gasteiger partial charge in [-0.25, -0.2) is 5.48 Å². The topological polar surface area (TPSA) is 94.4 Å². The van der Waals surface area contributed by atoms with Crippen molar-refractivity contribution in [3.05, 3.63) is 12.3 Å². The highest BCUT2D eigenvalue weighted by Crippen LogP contribution is 2.05. The zero-order valence-corrected chi connectivity index (χ0v) is 8.04. The molecule has 1 atom stereocenters. The lowest BCUT2D eigenvalue weighted by Gasteiger charge is -2.28. The number of hydroxylamine groups is 1. The van der Waals surface area contributed by atoms with Gasteiger partial charge in [-0.05, 0) is 6.08 Å². The van der Waals surface area contributed by atoms with Gasteiger partial charge in [-0.1, -0.05) is 0 Å². The number of carbonyl (C=O) groups excluding carboxylic acids is 1. The second-order valence-electron chi connectivity index (χ2n) is 2.75. The van der Waals surface area contributed by atoms with Crippen molar-refractivity contribution in [1.82, 2.24) is 10.4 Å². The monoisotopic (exact) mass is 215 g/mol. The molecule has 1 amide bonds. The van der Waals surface area contributed by atoms with E-state index in [9.17, 15) is 4.79 Å². The van der Waals surface area contributed by atoms with Crippen LogP contribution in [0.4, 0.5) is 0 Å². The van der Waals surface area contributed by atoms with Gasteiger partial charge in [0.15, 0.2) is 0 Å². The van der Waals surface area contributed by atoms with E-state index in [-0.39, 0.29) is 19.9 Å². The van der Waals surface area contributed by atoms with Crippen molar-refractivity contribution in [2.45, 2.75) is 6.23 Å². The minimum atomic E-state index is -0.990. The molecule has 1 rings (SSSR count). The standard InChI is InChI=1S/C8H13N3O4/c12-4-5-15-8(7(13)10-14)11-3-1-2-9-6-11/h1-3,8,12,14H,4-6H2,(H,10,13). The van der Waals surface area contributed by atoms with Gasteiger partial charge in [-0.2, -0.15) is 0 Å². The predicted octanol–water partition coefficient (Wildman–Crippen LogP) is -1.32. The SMILES string of the molecule is O=C(NO)C(OCCO)N1C=CC=NC1. The molecule has 0 aromatic carbocycles. The Labute approximate surface area is 86.6 Å². The van der Waals surface area contributed by atoms with Crippen LogP contribution < -0.4 is 5.48 Å². The summed E-state index contributed by atoms with van der Waals surface area (Å²) in [5.41, 5.74) is 1.50. The van der Waals surface area contributed by atoms with Crippen LogP contribution in [-0.2, 0) is 9.53 Å². The molecule has 0 aliphatic carbocycles. The summed E-state index contributed by atoms with van der Waals surface area (Å²) in [4.78, 5) is 16.6. The predicted molar refractivity (Wildman–Crippen MR) is 51.1 cm³/mol. The maximum absolute atomic E-state index is 11.2. The number of nitrogens with one attached hydrogen (secondary N) is 1. The first-order valence-electron chi connectivity index (χ1n) is 4.38. The number of nitrogens with zero attached hydrogens (tertiary/aromatic N) is 2. The Morgan fingerprint density at radius 3 is 3.07 bits per heavy atom. The van der Waals surface area contributed by atoms with Gasteiger partial charge in [0.05, 0.1) is 13.2 Å². The van der Waals surface area contributed by atoms with Gasteiger partial charge in [0, 0.05) is 12.4 Å². The van der Waals surface area contributed by atoms with E-state index in [0.29, 0.717) is 0 Å². The Morgan fingerprint density at radius 1 is 1.73 bits per heavy atom. The Bertz CT molecular complexity index is 267. The first-order valence-corrected chi connectivity index (χ1v) is 4.38. The van der Waals surface area contributed by atoms with Gasteiger partial charge < -0.3 is 14.7 Å². The van der Waals surface area contributed by atoms with Crippen molar-refractivity contribution in [2.24, 2.45) is 4.99 Å². The van der Waals surface area contributed by atoms with Crippen molar-refractivity contribution in [3.8, 4) is 0 Å². The molecule has 1 unspecified atom stereocenters. The van der Waals surface area contributed by atoms with Crippen LogP contribution in [0.25, 0.3) is 0 Å². The average molecular weight is 215 g/mol. The van der Waals surface area contributed by atoms with Gasteiger partial charge in [0.2, 0.25) is 6.23 Å². The number of aliphatic hydroxyl groups is 1. The van der Waals surface area contributed by atoms with E-state index in [4.69, 9.17) is 15.1 Å². The van der Waals surface area contributed by atoms with Gasteiger partial charge in [-0.15, -0.1) is 0 Å². The van der Waals surface area contributed by atoms with Crippen LogP contribution in [0.2, 0.25) is 0 Å². The Morgan fingerprint density at radius 2 is 2.53 bits per heavy atom. The number of hydrogen-bond acceptors (Lipinski definition) is 6. The van der Waals surface area contributed by atoms with Crippen LogP contribution >= 0.6 is 0 Å². The number of allylic oxidation sites excluding steroid dienone is 1. The fourth-order valence-electron chi connectivity index (χ4n) is 1.09. The Balaban J connectivity index is 2.58. The third kappa shape index (κ3) is 3.31. The number of aliphatic imine (C=N–C) groups is 1. The number of amides is 1. The number of carbonyl (C=O) groups is 1. The van der Waals surface area contributed by atoms with E-state index in [2.05, 4.69) is 4.99 Å². The summed E-state index contributed by atoms with van der Waals surface area (Å²) in [6.45, 7) is 0.0716. The van der Waals surface area contributed by atoms with E-state index >= 15 is 0 Å². The fraction of sp³-hybridized carbons (Fsp3) is 0.500. The molecule has 0 bridgehead atoms. The normalized spacial score (nSPS) is 16.5. The lowest BCUT2D eigenvalue weighted by Crippen LogP contribution is -2.46. The molecule has 0 spiro atoms. The van der Waals surface area contributed by atoms with E-state index < -0.39 is 12.1 Å². The molecular weight excluding hydrogens is 202 g/mol. The zero-order chi connectivity index (χ0) is 11.1. The molecule has 0 fully saturated rings. The molecule has 7 heteroatoms. The first kappa shape index (κ1) is 11.6. The van der Waals surface area contributed by atoms with Gasteiger partial charge >= 0.3 is 0 Å². The molecule has 1 aliphatic heterocycles. The highest BCUT2D eigenvalue weighted by Gasteiger charge is 2.24. The van der Waals surface area contributed by atoms with Crippen LogP contribution in [-0.4, -0.2) is 53.4 Å². The number of aliphatic hydroxyl groups excluding tert-OH is 1. The number of rotatable bonds is 5. The smallest absolute Gasteiger partial charge is 0.293 e. The van der Waals surface area contributed by atoms with Crippen molar-refractivity contribution >= 4 is 12.1 Å². The third-order valence-corrected chi connectivity index (χ3v) is 1.72. The van der Waals surface area contributed by atoms with Gasteiger partial charge in [-0.3, -0.25) is 15.0 Å². The lowest BCUT2D eigenvalue weighted by molar-refractivity contribution is -0.153. The molecular formula is C8H13N3O4. The fourth-order valence-corrected chi connectivity index (χ4v) is 1.09. The number of hydrogen-bond donors (Lipinski definition) is 3. The minimum absolute atomic E-state index is 0.00609. The number of ether oxygens (including phenoxy) is 1. The molecule has 0 saturated heterocycles. The lowest BCUT2D eigenvalue weighted by atomic mass is 10.4. The summed E-state index contributed by atoms with van der Waals surface area (Å²) in [5, 5.41) is 17.1. The van der Waals surface area contributed by atoms with Crippen molar-refractivity contribution < 1.29 is 19.8 Å². The molecule has 3 N–H and O–H groups in total. The van der Waals surface area contributed by atoms with Crippen LogP contribution in [0.3, 0.4) is 0 Å². The van der Waals surface area contributed by atoms with E-state index in [0.717, 1.165) is 0 Å². The second-order valence-corrected chi connectivity index (χ2v) is 2.75. The molecule has 0 aromatic heterocycles. The molecule has 84 valence electrons. The molecule has 15 heavy (non-hydrogen) atoms. The van der Waals surface area contributed by atoms with E-state index in [1.807, 2.05) is 0 Å². The Kier molecular flexibility index (Phi) is 4.75. The average Bonchev–Trinajstić information content (AvgIpc) is 2.30. The molecule has 0 saturated carbocycles. The van der Waals surface area contributed by atoms with Gasteiger partial charge in [0.1, 0.15) is 6.67 Å². The van der Waals surface area contributed by atoms with E-state index in [1.54, 1.807) is 18.5 Å². The van der Waals surface area contributed by atoms with E-state index in [1.165, 1.54) is 10.4 Å². The highest BCUT2D eigenvalue weighted by atomic mass is 16.5. The molecule has 7 nitrogen and oxygen atoms in total. The summed E-state index contributed by atoms with van der Waals surface area (Å²) >= 11 is 0. The highest BCUT2D eigenvalue weighted by molar-refractivity contribution is 5.80. The Hall–Kier alpha value is -1.44. The summed E-state index contributed by atoms with van der Waals surface area (Å²) in [6.07, 6.45) is 3.86. The molecule has 0 radical (unpaired) electrons. The summed E-state index contributed by atoms with van der Waals surface area (Å²) < 4.78 is 5.06. The minimum Gasteiger partial charge on any atom is -0.394 e. The van der Waals surface area contributed by atoms with Crippen LogP contribution in [0.1, 0.15) is 0 Å². The maximum atomic E-state index is 11.2. The zero-order valence-electron chi connectivity index (χ0n) is 8.04. The van der Waals surface area contributed by atoms with Crippen molar-refractivity contribution in [3.63, 3.8) is 0 Å². The van der Waals surface area contributed by atoms with Crippen LogP contribution in [0.5, 0.6) is 0 Å². The molecule has 1 heterocycles. The quantitative estimate of drug-likeness (QED) is 0.391. The van der Waals surface area contributed by atoms with Crippen molar-refractivity contribution in [1.29, 1.82) is 0 Å². The maximum Gasteiger partial charge on any atom is 0.293 e. The van der Waals surface area contributed by atoms with Crippen molar-refractivity contribution in [2.75, 3.05) is 19.9 Å². The largest absolute Gasteiger partial charge is 0.394 e. The molecule has 0 aromatic rings. The summed E-state index contributed by atoms with van der Waals surface area (Å²) in [6, 6.07) is 0. The third-order valence-electron chi connectivity index (χ3n) is 1.72. The van der Waals surface area contributed by atoms with Crippen LogP contribution in [0, 0.1) is 0 Å².